The molecule has 5 heteroatoms. The Morgan fingerprint density at radius 1 is 1.39 bits per heavy atom. The third kappa shape index (κ3) is 2.72. The third-order valence-electron chi connectivity index (χ3n) is 2.25. The highest BCUT2D eigenvalue weighted by molar-refractivity contribution is 8.00. The normalized spacial score (nSPS) is 11.2. The molecule has 0 spiro atoms. The van der Waals surface area contributed by atoms with E-state index >= 15 is 0 Å². The second-order valence-corrected chi connectivity index (χ2v) is 6.28. The van der Waals surface area contributed by atoms with Gasteiger partial charge in [-0.2, -0.15) is 5.26 Å². The summed E-state index contributed by atoms with van der Waals surface area (Å²) in [6, 6.07) is 7.47. The molecule has 0 N–H and O–H groups in total. The SMILES string of the molecule is CSc1sccc1/C=C(/C#N)C(=O)c1cccs1. The number of Topliss-reactive ketones (excluding diaryl/α,β-unsaturated/α-hetero) is 1. The van der Waals surface area contributed by atoms with Gasteiger partial charge in [0.2, 0.25) is 5.78 Å². The van der Waals surface area contributed by atoms with Crippen molar-refractivity contribution in [2.75, 3.05) is 6.26 Å². The monoisotopic (exact) mass is 291 g/mol. The van der Waals surface area contributed by atoms with Crippen LogP contribution in [0.3, 0.4) is 0 Å². The van der Waals surface area contributed by atoms with Gasteiger partial charge < -0.3 is 0 Å². The molecule has 90 valence electrons. The van der Waals surface area contributed by atoms with E-state index in [2.05, 4.69) is 0 Å². The number of thioether (sulfide) groups is 1. The van der Waals surface area contributed by atoms with E-state index < -0.39 is 0 Å². The van der Waals surface area contributed by atoms with Gasteiger partial charge in [-0.3, -0.25) is 4.79 Å². The minimum atomic E-state index is -0.203. The first-order chi connectivity index (χ1) is 8.76. The van der Waals surface area contributed by atoms with Crippen molar-refractivity contribution in [1.82, 2.24) is 0 Å². The Hall–Kier alpha value is -1.35. The summed E-state index contributed by atoms with van der Waals surface area (Å²) >= 11 is 4.58. The van der Waals surface area contributed by atoms with Crippen LogP contribution in [0.25, 0.3) is 6.08 Å². The Labute approximate surface area is 118 Å². The van der Waals surface area contributed by atoms with Gasteiger partial charge in [0.15, 0.2) is 0 Å². The lowest BCUT2D eigenvalue weighted by atomic mass is 10.1. The topological polar surface area (TPSA) is 40.9 Å². The zero-order valence-corrected chi connectivity index (χ0v) is 12.0. The van der Waals surface area contributed by atoms with E-state index in [1.165, 1.54) is 11.3 Å². The number of carbonyl (C=O) groups is 1. The number of rotatable bonds is 4. The largest absolute Gasteiger partial charge is 0.287 e. The predicted octanol–water partition coefficient (Wildman–Crippen LogP) is 4.32. The standard InChI is InChI=1S/C13H9NOS3/c1-16-13-9(4-6-18-13)7-10(8-14)12(15)11-3-2-5-17-11/h2-7H,1H3/b10-7-. The highest BCUT2D eigenvalue weighted by Gasteiger charge is 2.13. The second-order valence-electron chi connectivity index (χ2n) is 3.34. The number of thiophene rings is 2. The van der Waals surface area contributed by atoms with Crippen LogP contribution in [0.5, 0.6) is 0 Å². The van der Waals surface area contributed by atoms with Crippen molar-refractivity contribution in [3.63, 3.8) is 0 Å². The van der Waals surface area contributed by atoms with Crippen molar-refractivity contribution < 1.29 is 4.79 Å². The minimum Gasteiger partial charge on any atom is -0.287 e. The number of nitriles is 1. The van der Waals surface area contributed by atoms with Gasteiger partial charge >= 0.3 is 0 Å². The fourth-order valence-electron chi connectivity index (χ4n) is 1.42. The number of hydrogen-bond acceptors (Lipinski definition) is 5. The summed E-state index contributed by atoms with van der Waals surface area (Å²) in [5.41, 5.74) is 1.13. The maximum absolute atomic E-state index is 12.1. The van der Waals surface area contributed by atoms with E-state index in [-0.39, 0.29) is 11.4 Å². The van der Waals surface area contributed by atoms with E-state index in [0.717, 1.165) is 9.77 Å². The van der Waals surface area contributed by atoms with Crippen LogP contribution >= 0.6 is 34.4 Å². The van der Waals surface area contributed by atoms with Crippen LogP contribution in [0, 0.1) is 11.3 Å². The molecule has 0 atom stereocenters. The molecule has 2 heterocycles. The Balaban J connectivity index is 2.35. The average Bonchev–Trinajstić information content (AvgIpc) is 3.05. The quantitative estimate of drug-likeness (QED) is 0.364. The van der Waals surface area contributed by atoms with Gasteiger partial charge in [0.25, 0.3) is 0 Å². The summed E-state index contributed by atoms with van der Waals surface area (Å²) in [6.45, 7) is 0. The molecule has 0 aliphatic carbocycles. The van der Waals surface area contributed by atoms with Crippen molar-refractivity contribution in [3.05, 3.63) is 45.0 Å². The van der Waals surface area contributed by atoms with E-state index in [9.17, 15) is 4.79 Å². The molecule has 0 aromatic carbocycles. The molecule has 0 radical (unpaired) electrons. The molecule has 0 saturated carbocycles. The number of allylic oxidation sites excluding steroid dienone is 1. The second kappa shape index (κ2) is 6.01. The highest BCUT2D eigenvalue weighted by atomic mass is 32.2. The molecule has 0 aliphatic heterocycles. The summed E-state index contributed by atoms with van der Waals surface area (Å²) in [7, 11) is 0. The Bertz CT molecular complexity index is 617. The molecule has 0 fully saturated rings. The van der Waals surface area contributed by atoms with Gasteiger partial charge in [-0.05, 0) is 35.2 Å². The molecule has 2 aromatic heterocycles. The molecule has 18 heavy (non-hydrogen) atoms. The van der Waals surface area contributed by atoms with Gasteiger partial charge in [-0.25, -0.2) is 0 Å². The zero-order valence-electron chi connectivity index (χ0n) is 9.54. The predicted molar refractivity (Wildman–Crippen MR) is 78.3 cm³/mol. The summed E-state index contributed by atoms with van der Waals surface area (Å²) in [4.78, 5) is 12.7. The summed E-state index contributed by atoms with van der Waals surface area (Å²) in [6.07, 6.45) is 3.65. The third-order valence-corrected chi connectivity index (χ3v) is 5.24. The summed E-state index contributed by atoms with van der Waals surface area (Å²) in [5.74, 6) is -0.203. The van der Waals surface area contributed by atoms with Gasteiger partial charge in [-0.1, -0.05) is 6.07 Å². The molecule has 0 amide bonds. The molecular weight excluding hydrogens is 282 g/mol. The fraction of sp³-hybridized carbons (Fsp3) is 0.0769. The van der Waals surface area contributed by atoms with Gasteiger partial charge in [0, 0.05) is 5.56 Å². The van der Waals surface area contributed by atoms with Crippen molar-refractivity contribution >= 4 is 46.3 Å². The molecule has 2 aromatic rings. The number of carbonyl (C=O) groups excluding carboxylic acids is 1. The van der Waals surface area contributed by atoms with Gasteiger partial charge in [-0.15, -0.1) is 34.4 Å². The highest BCUT2D eigenvalue weighted by Crippen LogP contribution is 2.29. The van der Waals surface area contributed by atoms with E-state index in [1.54, 1.807) is 35.2 Å². The van der Waals surface area contributed by atoms with Crippen molar-refractivity contribution in [2.24, 2.45) is 0 Å². The lowest BCUT2D eigenvalue weighted by molar-refractivity contribution is 0.104. The smallest absolute Gasteiger partial charge is 0.213 e. The molecule has 0 unspecified atom stereocenters. The Morgan fingerprint density at radius 2 is 2.22 bits per heavy atom. The number of nitrogens with zero attached hydrogens (tertiary/aromatic N) is 1. The first-order valence-electron chi connectivity index (χ1n) is 5.07. The van der Waals surface area contributed by atoms with E-state index in [0.29, 0.717) is 4.88 Å². The molecule has 0 aliphatic rings. The fourth-order valence-corrected chi connectivity index (χ4v) is 3.62. The van der Waals surface area contributed by atoms with Gasteiger partial charge in [0.05, 0.1) is 9.09 Å². The van der Waals surface area contributed by atoms with Crippen LogP contribution in [0.1, 0.15) is 15.2 Å². The molecule has 2 nitrogen and oxygen atoms in total. The van der Waals surface area contributed by atoms with Crippen LogP contribution in [0.2, 0.25) is 0 Å². The van der Waals surface area contributed by atoms with E-state index in [4.69, 9.17) is 5.26 Å². The Kier molecular flexibility index (Phi) is 4.37. The molecular formula is C13H9NOS3. The average molecular weight is 291 g/mol. The van der Waals surface area contributed by atoms with Crippen LogP contribution in [0.4, 0.5) is 0 Å². The number of hydrogen-bond donors (Lipinski definition) is 0. The molecule has 0 saturated heterocycles. The lowest BCUT2D eigenvalue weighted by Crippen LogP contribution is -1.98. The van der Waals surface area contributed by atoms with Gasteiger partial charge in [0.1, 0.15) is 11.6 Å². The maximum atomic E-state index is 12.1. The van der Waals surface area contributed by atoms with Crippen molar-refractivity contribution in [3.8, 4) is 6.07 Å². The van der Waals surface area contributed by atoms with Crippen molar-refractivity contribution in [2.45, 2.75) is 4.21 Å². The van der Waals surface area contributed by atoms with Crippen LogP contribution in [-0.4, -0.2) is 12.0 Å². The Morgan fingerprint density at radius 3 is 2.83 bits per heavy atom. The van der Waals surface area contributed by atoms with E-state index in [1.807, 2.05) is 35.2 Å². The van der Waals surface area contributed by atoms with Crippen LogP contribution in [-0.2, 0) is 0 Å². The summed E-state index contributed by atoms with van der Waals surface area (Å²) in [5, 5.41) is 12.9. The molecule has 2 rings (SSSR count). The lowest BCUT2D eigenvalue weighted by Gasteiger charge is -1.97. The minimum absolute atomic E-state index is 0.186. The summed E-state index contributed by atoms with van der Waals surface area (Å²) < 4.78 is 1.11. The molecule has 0 bridgehead atoms. The maximum Gasteiger partial charge on any atom is 0.213 e. The van der Waals surface area contributed by atoms with Crippen molar-refractivity contribution in [1.29, 1.82) is 5.26 Å². The van der Waals surface area contributed by atoms with Crippen LogP contribution in [0.15, 0.2) is 38.7 Å². The first kappa shape index (κ1) is 13.1. The van der Waals surface area contributed by atoms with Crippen LogP contribution < -0.4 is 0 Å². The first-order valence-corrected chi connectivity index (χ1v) is 8.06. The number of ketones is 1. The zero-order chi connectivity index (χ0) is 13.0.